The van der Waals surface area contributed by atoms with E-state index in [2.05, 4.69) is 16.8 Å². The first-order chi connectivity index (χ1) is 15.8. The lowest BCUT2D eigenvalue weighted by Gasteiger charge is -2.08. The zero-order valence-electron chi connectivity index (χ0n) is 19.1. The Morgan fingerprint density at radius 3 is 1.94 bits per heavy atom. The first-order valence-electron chi connectivity index (χ1n) is 11.8. The van der Waals surface area contributed by atoms with Crippen molar-refractivity contribution in [2.45, 2.75) is 64.2 Å². The van der Waals surface area contributed by atoms with E-state index in [9.17, 15) is 4.79 Å². The summed E-state index contributed by atoms with van der Waals surface area (Å²) in [6.45, 7) is 4.60. The van der Waals surface area contributed by atoms with Crippen LogP contribution in [-0.2, 0) is 9.53 Å². The molecule has 0 bridgehead atoms. The van der Waals surface area contributed by atoms with Gasteiger partial charge in [-0.05, 0) is 37.1 Å². The normalized spacial score (nSPS) is 10.9. The molecule has 5 nitrogen and oxygen atoms in total. The summed E-state index contributed by atoms with van der Waals surface area (Å²) >= 11 is 0. The van der Waals surface area contributed by atoms with Crippen molar-refractivity contribution in [3.63, 3.8) is 0 Å². The molecule has 172 valence electrons. The van der Waals surface area contributed by atoms with Gasteiger partial charge in [-0.1, -0.05) is 88.3 Å². The van der Waals surface area contributed by atoms with Gasteiger partial charge in [0.2, 0.25) is 0 Å². The second-order valence-corrected chi connectivity index (χ2v) is 7.76. The number of ether oxygens (including phenoxy) is 2. The lowest BCUT2D eigenvalue weighted by Crippen LogP contribution is -2.01. The van der Waals surface area contributed by atoms with Crippen LogP contribution in [0.5, 0.6) is 5.75 Å². The van der Waals surface area contributed by atoms with Crippen LogP contribution < -0.4 is 4.74 Å². The molecule has 2 aromatic carbocycles. The number of carbonyl (C=O) groups excluding carboxylic acids is 1. The number of carbonyl (C=O) groups is 1. The van der Waals surface area contributed by atoms with Gasteiger partial charge in [-0.25, -0.2) is 4.79 Å². The average Bonchev–Trinajstić information content (AvgIpc) is 2.84. The fourth-order valence-electron chi connectivity index (χ4n) is 3.30. The number of nitrogens with zero attached hydrogens (tertiary/aromatic N) is 2. The molecular formula is C27H36N2O3. The molecule has 0 heterocycles. The van der Waals surface area contributed by atoms with Gasteiger partial charge in [0.1, 0.15) is 11.4 Å². The summed E-state index contributed by atoms with van der Waals surface area (Å²) in [5.74, 6) is 0.458. The van der Waals surface area contributed by atoms with Gasteiger partial charge in [-0.2, -0.15) is 5.11 Å². The highest BCUT2D eigenvalue weighted by Gasteiger charge is 2.02. The summed E-state index contributed by atoms with van der Waals surface area (Å²) in [6.07, 6.45) is 13.1. The van der Waals surface area contributed by atoms with Gasteiger partial charge in [0.05, 0.1) is 18.9 Å². The Hall–Kier alpha value is -2.95. The van der Waals surface area contributed by atoms with Crippen LogP contribution in [0.1, 0.15) is 64.2 Å². The molecule has 0 amide bonds. The predicted molar refractivity (Wildman–Crippen MR) is 130 cm³/mol. The molecule has 0 saturated heterocycles. The molecule has 0 spiro atoms. The number of azo groups is 1. The summed E-state index contributed by atoms with van der Waals surface area (Å²) in [6, 6.07) is 17.5. The van der Waals surface area contributed by atoms with E-state index in [0.29, 0.717) is 13.2 Å². The predicted octanol–water partition coefficient (Wildman–Crippen LogP) is 8.11. The third-order valence-corrected chi connectivity index (χ3v) is 5.10. The molecule has 0 N–H and O–H groups in total. The highest BCUT2D eigenvalue weighted by atomic mass is 16.5. The second-order valence-electron chi connectivity index (χ2n) is 7.76. The van der Waals surface area contributed by atoms with E-state index in [4.69, 9.17) is 9.47 Å². The van der Waals surface area contributed by atoms with E-state index < -0.39 is 0 Å². The molecule has 2 aromatic rings. The molecule has 0 aliphatic rings. The van der Waals surface area contributed by atoms with Gasteiger partial charge >= 0.3 is 5.97 Å². The minimum Gasteiger partial charge on any atom is -0.491 e. The summed E-state index contributed by atoms with van der Waals surface area (Å²) in [4.78, 5) is 10.9. The molecule has 5 heteroatoms. The number of hydrogen-bond donors (Lipinski definition) is 0. The van der Waals surface area contributed by atoms with Crippen molar-refractivity contribution in [3.8, 4) is 5.75 Å². The smallest absolute Gasteiger partial charge is 0.330 e. The van der Waals surface area contributed by atoms with E-state index in [1.54, 1.807) is 0 Å². The molecule has 0 aromatic heterocycles. The SMILES string of the molecule is C=CC(=O)OCCCCCCCCCCCCOc1ccccc1N=Nc1ccccc1. The maximum absolute atomic E-state index is 10.9. The molecule has 0 unspecified atom stereocenters. The molecule has 32 heavy (non-hydrogen) atoms. The maximum Gasteiger partial charge on any atom is 0.330 e. The molecule has 0 atom stereocenters. The van der Waals surface area contributed by atoms with Gasteiger partial charge in [-0.15, -0.1) is 5.11 Å². The van der Waals surface area contributed by atoms with Crippen LogP contribution in [0.15, 0.2) is 77.5 Å². The van der Waals surface area contributed by atoms with Crippen LogP contribution in [0.25, 0.3) is 0 Å². The van der Waals surface area contributed by atoms with E-state index in [1.165, 1.54) is 51.0 Å². The van der Waals surface area contributed by atoms with Gasteiger partial charge < -0.3 is 9.47 Å². The molecule has 0 radical (unpaired) electrons. The summed E-state index contributed by atoms with van der Waals surface area (Å²) in [5, 5.41) is 8.63. The van der Waals surface area contributed by atoms with Crippen LogP contribution in [0, 0.1) is 0 Å². The highest BCUT2D eigenvalue weighted by Crippen LogP contribution is 2.29. The minimum absolute atomic E-state index is 0.326. The van der Waals surface area contributed by atoms with Crippen LogP contribution in [0.4, 0.5) is 11.4 Å². The van der Waals surface area contributed by atoms with E-state index in [-0.39, 0.29) is 5.97 Å². The van der Waals surface area contributed by atoms with Crippen LogP contribution in [0.3, 0.4) is 0 Å². The van der Waals surface area contributed by atoms with E-state index >= 15 is 0 Å². The molecule has 0 aliphatic heterocycles. The Morgan fingerprint density at radius 1 is 0.719 bits per heavy atom. The topological polar surface area (TPSA) is 60.2 Å². The summed E-state index contributed by atoms with van der Waals surface area (Å²) in [5.41, 5.74) is 1.59. The average molecular weight is 437 g/mol. The lowest BCUT2D eigenvalue weighted by atomic mass is 10.1. The fraction of sp³-hybridized carbons (Fsp3) is 0.444. The quantitative estimate of drug-likeness (QED) is 0.109. The first kappa shape index (κ1) is 25.3. The Morgan fingerprint density at radius 2 is 1.28 bits per heavy atom. The number of benzene rings is 2. The maximum atomic E-state index is 10.9. The highest BCUT2D eigenvalue weighted by molar-refractivity contribution is 5.81. The van der Waals surface area contributed by atoms with Crippen molar-refractivity contribution in [3.05, 3.63) is 67.3 Å². The van der Waals surface area contributed by atoms with Crippen molar-refractivity contribution in [2.24, 2.45) is 10.2 Å². The van der Waals surface area contributed by atoms with E-state index in [0.717, 1.165) is 36.4 Å². The molecule has 2 rings (SSSR count). The number of unbranched alkanes of at least 4 members (excludes halogenated alkanes) is 9. The molecule has 0 aliphatic carbocycles. The molecule has 0 saturated carbocycles. The third-order valence-electron chi connectivity index (χ3n) is 5.10. The van der Waals surface area contributed by atoms with Crippen LogP contribution in [-0.4, -0.2) is 19.2 Å². The summed E-state index contributed by atoms with van der Waals surface area (Å²) in [7, 11) is 0. The van der Waals surface area contributed by atoms with Crippen molar-refractivity contribution in [1.29, 1.82) is 0 Å². The van der Waals surface area contributed by atoms with Gasteiger partial charge in [0, 0.05) is 6.08 Å². The first-order valence-corrected chi connectivity index (χ1v) is 11.8. The Labute approximate surface area is 192 Å². The number of esters is 1. The zero-order chi connectivity index (χ0) is 22.7. The van der Waals surface area contributed by atoms with Gasteiger partial charge in [0.15, 0.2) is 0 Å². The van der Waals surface area contributed by atoms with Crippen molar-refractivity contribution >= 4 is 17.3 Å². The number of rotatable bonds is 17. The van der Waals surface area contributed by atoms with Gasteiger partial charge in [0.25, 0.3) is 0 Å². The lowest BCUT2D eigenvalue weighted by molar-refractivity contribution is -0.137. The van der Waals surface area contributed by atoms with Crippen molar-refractivity contribution in [2.75, 3.05) is 13.2 Å². The minimum atomic E-state index is -0.326. The van der Waals surface area contributed by atoms with E-state index in [1.807, 2.05) is 54.6 Å². The second kappa shape index (κ2) is 16.7. The molecule has 0 fully saturated rings. The Bertz CT molecular complexity index is 806. The largest absolute Gasteiger partial charge is 0.491 e. The summed E-state index contributed by atoms with van der Waals surface area (Å²) < 4.78 is 10.9. The monoisotopic (exact) mass is 436 g/mol. The fourth-order valence-corrected chi connectivity index (χ4v) is 3.30. The number of hydrogen-bond acceptors (Lipinski definition) is 5. The zero-order valence-corrected chi connectivity index (χ0v) is 19.1. The standard InChI is InChI=1S/C27H36N2O3/c1-2-27(30)32-23-17-10-8-6-4-3-5-7-9-16-22-31-26-21-15-14-20-25(26)29-28-24-18-12-11-13-19-24/h2,11-15,18-21H,1,3-10,16-17,22-23H2. The third kappa shape index (κ3) is 11.4. The number of para-hydroxylation sites is 1. The van der Waals surface area contributed by atoms with Crippen LogP contribution >= 0.6 is 0 Å². The van der Waals surface area contributed by atoms with Gasteiger partial charge in [-0.3, -0.25) is 0 Å². The Balaban J connectivity index is 1.47. The molecular weight excluding hydrogens is 400 g/mol. The Kier molecular flexibility index (Phi) is 13.2. The van der Waals surface area contributed by atoms with Crippen molar-refractivity contribution in [1.82, 2.24) is 0 Å². The van der Waals surface area contributed by atoms with Crippen molar-refractivity contribution < 1.29 is 14.3 Å². The van der Waals surface area contributed by atoms with Crippen LogP contribution in [0.2, 0.25) is 0 Å².